The van der Waals surface area contributed by atoms with Crippen molar-refractivity contribution in [2.45, 2.75) is 32.2 Å². The highest BCUT2D eigenvalue weighted by molar-refractivity contribution is 5.81. The van der Waals surface area contributed by atoms with Crippen molar-refractivity contribution >= 4 is 11.0 Å². The van der Waals surface area contributed by atoms with E-state index in [4.69, 9.17) is 4.42 Å². The molecule has 3 rings (SSSR count). The molecule has 1 fully saturated rings. The van der Waals surface area contributed by atoms with E-state index < -0.39 is 0 Å². The van der Waals surface area contributed by atoms with Crippen molar-refractivity contribution in [1.82, 2.24) is 4.90 Å². The summed E-state index contributed by atoms with van der Waals surface area (Å²) in [5.74, 6) is -0.175. The number of furan rings is 1. The standard InChI is InChI=1S/C15H18FNO/c16-13-6-5-7-14-15(13)12(11-18-14)10-17-8-3-1-2-4-9-17/h5-7,11H,1-4,8-10H2. The van der Waals surface area contributed by atoms with Gasteiger partial charge in [0.2, 0.25) is 0 Å². The third-order valence-electron chi connectivity index (χ3n) is 3.72. The average Bonchev–Trinajstić information content (AvgIpc) is 2.60. The van der Waals surface area contributed by atoms with Crippen molar-refractivity contribution in [3.63, 3.8) is 0 Å². The maximum atomic E-state index is 13.8. The average molecular weight is 247 g/mol. The lowest BCUT2D eigenvalue weighted by Crippen LogP contribution is -2.23. The van der Waals surface area contributed by atoms with Gasteiger partial charge in [0.05, 0.1) is 11.6 Å². The van der Waals surface area contributed by atoms with Crippen LogP contribution in [0.5, 0.6) is 0 Å². The molecule has 0 N–H and O–H groups in total. The second-order valence-electron chi connectivity index (χ2n) is 5.06. The molecule has 0 atom stereocenters. The molecule has 0 unspecified atom stereocenters. The quantitative estimate of drug-likeness (QED) is 0.799. The lowest BCUT2D eigenvalue weighted by atomic mass is 10.1. The van der Waals surface area contributed by atoms with Crippen LogP contribution in [0.2, 0.25) is 0 Å². The summed E-state index contributed by atoms with van der Waals surface area (Å²) in [5.41, 5.74) is 1.63. The molecule has 1 aliphatic rings. The van der Waals surface area contributed by atoms with Crippen molar-refractivity contribution < 1.29 is 8.81 Å². The van der Waals surface area contributed by atoms with Gasteiger partial charge in [0.1, 0.15) is 11.4 Å². The topological polar surface area (TPSA) is 16.4 Å². The van der Waals surface area contributed by atoms with Crippen LogP contribution in [0.1, 0.15) is 31.2 Å². The van der Waals surface area contributed by atoms with Crippen LogP contribution in [0.3, 0.4) is 0 Å². The van der Waals surface area contributed by atoms with Gasteiger partial charge in [0, 0.05) is 12.1 Å². The first kappa shape index (κ1) is 11.7. The zero-order chi connectivity index (χ0) is 12.4. The van der Waals surface area contributed by atoms with Gasteiger partial charge < -0.3 is 4.42 Å². The van der Waals surface area contributed by atoms with Crippen LogP contribution in [0, 0.1) is 5.82 Å². The van der Waals surface area contributed by atoms with Crippen molar-refractivity contribution in [2.75, 3.05) is 13.1 Å². The van der Waals surface area contributed by atoms with Gasteiger partial charge in [-0.2, -0.15) is 0 Å². The summed E-state index contributed by atoms with van der Waals surface area (Å²) in [5, 5.41) is 0.654. The lowest BCUT2D eigenvalue weighted by molar-refractivity contribution is 0.277. The number of likely N-dealkylation sites (tertiary alicyclic amines) is 1. The first-order valence-corrected chi connectivity index (χ1v) is 6.71. The Morgan fingerprint density at radius 1 is 1.11 bits per heavy atom. The Balaban J connectivity index is 1.85. The summed E-state index contributed by atoms with van der Waals surface area (Å²) in [7, 11) is 0. The predicted octanol–water partition coefficient (Wildman–Crippen LogP) is 3.95. The van der Waals surface area contributed by atoms with E-state index in [1.807, 2.05) is 6.07 Å². The second kappa shape index (κ2) is 5.11. The summed E-state index contributed by atoms with van der Waals surface area (Å²) in [4.78, 5) is 2.41. The maximum absolute atomic E-state index is 13.8. The Kier molecular flexibility index (Phi) is 3.33. The Morgan fingerprint density at radius 2 is 1.89 bits per heavy atom. The van der Waals surface area contributed by atoms with Gasteiger partial charge in [-0.05, 0) is 38.1 Å². The number of benzene rings is 1. The molecule has 1 aromatic carbocycles. The molecule has 2 aromatic rings. The first-order valence-electron chi connectivity index (χ1n) is 6.71. The van der Waals surface area contributed by atoms with Crippen LogP contribution < -0.4 is 0 Å². The highest BCUT2D eigenvalue weighted by atomic mass is 19.1. The summed E-state index contributed by atoms with van der Waals surface area (Å²) in [6.07, 6.45) is 6.84. The molecule has 0 amide bonds. The molecule has 1 aromatic heterocycles. The number of rotatable bonds is 2. The maximum Gasteiger partial charge on any atom is 0.137 e. The number of fused-ring (bicyclic) bond motifs is 1. The molecule has 1 saturated heterocycles. The van der Waals surface area contributed by atoms with Crippen molar-refractivity contribution in [3.8, 4) is 0 Å². The fraction of sp³-hybridized carbons (Fsp3) is 0.467. The summed E-state index contributed by atoms with van der Waals surface area (Å²) in [6.45, 7) is 3.02. The van der Waals surface area contributed by atoms with Crippen molar-refractivity contribution in [3.05, 3.63) is 35.8 Å². The molecular formula is C15H18FNO. The molecule has 2 heterocycles. The normalized spacial score (nSPS) is 18.1. The number of hydrogen-bond donors (Lipinski definition) is 0. The van der Waals surface area contributed by atoms with Gasteiger partial charge in [-0.3, -0.25) is 4.90 Å². The molecule has 0 bridgehead atoms. The molecule has 1 aliphatic heterocycles. The van der Waals surface area contributed by atoms with Gasteiger partial charge >= 0.3 is 0 Å². The summed E-state index contributed by atoms with van der Waals surface area (Å²) < 4.78 is 19.3. The molecule has 0 radical (unpaired) electrons. The Bertz CT molecular complexity index is 526. The van der Waals surface area contributed by atoms with Crippen LogP contribution in [0.25, 0.3) is 11.0 Å². The minimum atomic E-state index is -0.175. The predicted molar refractivity (Wildman–Crippen MR) is 69.9 cm³/mol. The van der Waals surface area contributed by atoms with Crippen molar-refractivity contribution in [1.29, 1.82) is 0 Å². The SMILES string of the molecule is Fc1cccc2occ(CN3CCCCCC3)c12. The third-order valence-corrected chi connectivity index (χ3v) is 3.72. The van der Waals surface area contributed by atoms with E-state index in [0.29, 0.717) is 11.0 Å². The Labute approximate surface area is 106 Å². The van der Waals surface area contributed by atoms with Crippen LogP contribution in [0.15, 0.2) is 28.9 Å². The zero-order valence-electron chi connectivity index (χ0n) is 10.5. The lowest BCUT2D eigenvalue weighted by Gasteiger charge is -2.18. The number of hydrogen-bond acceptors (Lipinski definition) is 2. The van der Waals surface area contributed by atoms with Gasteiger partial charge in [-0.25, -0.2) is 4.39 Å². The number of nitrogens with zero attached hydrogens (tertiary/aromatic N) is 1. The van der Waals surface area contributed by atoms with Crippen LogP contribution >= 0.6 is 0 Å². The van der Waals surface area contributed by atoms with Crippen LogP contribution in [-0.2, 0) is 6.54 Å². The molecule has 18 heavy (non-hydrogen) atoms. The Hall–Kier alpha value is -1.35. The largest absolute Gasteiger partial charge is 0.464 e. The van der Waals surface area contributed by atoms with E-state index in [1.165, 1.54) is 31.7 Å². The first-order chi connectivity index (χ1) is 8.84. The minimum absolute atomic E-state index is 0.175. The fourth-order valence-corrected chi connectivity index (χ4v) is 2.76. The summed E-state index contributed by atoms with van der Waals surface area (Å²) >= 11 is 0. The van der Waals surface area contributed by atoms with E-state index in [-0.39, 0.29) is 5.82 Å². The van der Waals surface area contributed by atoms with E-state index >= 15 is 0 Å². The Morgan fingerprint density at radius 3 is 2.67 bits per heavy atom. The van der Waals surface area contributed by atoms with Gasteiger partial charge in [-0.1, -0.05) is 18.9 Å². The highest BCUT2D eigenvalue weighted by Crippen LogP contribution is 2.25. The second-order valence-corrected chi connectivity index (χ2v) is 5.06. The van der Waals surface area contributed by atoms with Gasteiger partial charge in [0.25, 0.3) is 0 Å². The molecule has 0 spiro atoms. The van der Waals surface area contributed by atoms with E-state index in [9.17, 15) is 4.39 Å². The zero-order valence-corrected chi connectivity index (χ0v) is 10.5. The smallest absolute Gasteiger partial charge is 0.137 e. The third kappa shape index (κ3) is 2.27. The molecule has 0 aliphatic carbocycles. The molecule has 3 heteroatoms. The molecular weight excluding hydrogens is 229 g/mol. The minimum Gasteiger partial charge on any atom is -0.464 e. The van der Waals surface area contributed by atoms with Gasteiger partial charge in [-0.15, -0.1) is 0 Å². The van der Waals surface area contributed by atoms with Crippen LogP contribution in [0.4, 0.5) is 4.39 Å². The fourth-order valence-electron chi connectivity index (χ4n) is 2.76. The molecule has 96 valence electrons. The number of halogens is 1. The van der Waals surface area contributed by atoms with E-state index in [2.05, 4.69) is 4.90 Å². The van der Waals surface area contributed by atoms with E-state index in [1.54, 1.807) is 12.3 Å². The van der Waals surface area contributed by atoms with Gasteiger partial charge in [0.15, 0.2) is 0 Å². The monoisotopic (exact) mass is 247 g/mol. The summed E-state index contributed by atoms with van der Waals surface area (Å²) in [6, 6.07) is 5.02. The van der Waals surface area contributed by atoms with Crippen LogP contribution in [-0.4, -0.2) is 18.0 Å². The molecule has 2 nitrogen and oxygen atoms in total. The highest BCUT2D eigenvalue weighted by Gasteiger charge is 2.15. The van der Waals surface area contributed by atoms with E-state index in [0.717, 1.165) is 25.2 Å². The molecule has 0 saturated carbocycles. The van der Waals surface area contributed by atoms with Crippen molar-refractivity contribution in [2.24, 2.45) is 0 Å².